The summed E-state index contributed by atoms with van der Waals surface area (Å²) < 4.78 is 0.749. The summed E-state index contributed by atoms with van der Waals surface area (Å²) in [6.45, 7) is 7.24. The van der Waals surface area contributed by atoms with Gasteiger partial charge in [0.25, 0.3) is 0 Å². The van der Waals surface area contributed by atoms with Gasteiger partial charge in [-0.1, -0.05) is 20.8 Å². The van der Waals surface area contributed by atoms with E-state index in [1.54, 1.807) is 0 Å². The first-order valence-electron chi connectivity index (χ1n) is 5.20. The molecule has 2 fully saturated rings. The van der Waals surface area contributed by atoms with Crippen molar-refractivity contribution in [3.63, 3.8) is 0 Å². The minimum atomic E-state index is 0.678. The van der Waals surface area contributed by atoms with E-state index < -0.39 is 0 Å². The SMILES string of the molecule is CC(C)C1(C)CC2(CCCS2)C1. The summed E-state index contributed by atoms with van der Waals surface area (Å²) in [6, 6.07) is 0. The Bertz CT molecular complexity index is 167. The summed E-state index contributed by atoms with van der Waals surface area (Å²) >= 11 is 2.25. The smallest absolute Gasteiger partial charge is 0.0171 e. The van der Waals surface area contributed by atoms with Crippen LogP contribution in [0.2, 0.25) is 0 Å². The van der Waals surface area contributed by atoms with Crippen molar-refractivity contribution >= 4 is 11.8 Å². The maximum absolute atomic E-state index is 2.47. The highest BCUT2D eigenvalue weighted by atomic mass is 32.2. The fourth-order valence-corrected chi connectivity index (χ4v) is 4.74. The summed E-state index contributed by atoms with van der Waals surface area (Å²) in [5.74, 6) is 2.30. The van der Waals surface area contributed by atoms with E-state index in [4.69, 9.17) is 0 Å². The number of thioether (sulfide) groups is 1. The van der Waals surface area contributed by atoms with Gasteiger partial charge in [-0.25, -0.2) is 0 Å². The summed E-state index contributed by atoms with van der Waals surface area (Å²) in [7, 11) is 0. The van der Waals surface area contributed by atoms with Crippen molar-refractivity contribution in [3.05, 3.63) is 0 Å². The highest BCUT2D eigenvalue weighted by Gasteiger charge is 2.54. The lowest BCUT2D eigenvalue weighted by molar-refractivity contribution is 0.0474. The van der Waals surface area contributed by atoms with Crippen LogP contribution in [-0.4, -0.2) is 10.5 Å². The van der Waals surface area contributed by atoms with Crippen molar-refractivity contribution < 1.29 is 0 Å². The van der Waals surface area contributed by atoms with E-state index in [9.17, 15) is 0 Å². The molecule has 12 heavy (non-hydrogen) atoms. The fourth-order valence-electron chi connectivity index (χ4n) is 2.86. The lowest BCUT2D eigenvalue weighted by atomic mass is 9.56. The summed E-state index contributed by atoms with van der Waals surface area (Å²) in [4.78, 5) is 0. The van der Waals surface area contributed by atoms with Crippen molar-refractivity contribution in [2.75, 3.05) is 5.75 Å². The first-order chi connectivity index (χ1) is 5.56. The molecule has 1 aliphatic heterocycles. The van der Waals surface area contributed by atoms with E-state index in [0.29, 0.717) is 5.41 Å². The van der Waals surface area contributed by atoms with Crippen LogP contribution in [0.25, 0.3) is 0 Å². The van der Waals surface area contributed by atoms with Gasteiger partial charge in [0.05, 0.1) is 0 Å². The van der Waals surface area contributed by atoms with Gasteiger partial charge < -0.3 is 0 Å². The third kappa shape index (κ3) is 1.21. The largest absolute Gasteiger partial charge is 0.155 e. The minimum absolute atomic E-state index is 0.678. The Kier molecular flexibility index (Phi) is 1.98. The van der Waals surface area contributed by atoms with Crippen LogP contribution in [0.1, 0.15) is 46.5 Å². The highest BCUT2D eigenvalue weighted by Crippen LogP contribution is 2.63. The summed E-state index contributed by atoms with van der Waals surface area (Å²) in [6.07, 6.45) is 5.95. The highest BCUT2D eigenvalue weighted by molar-refractivity contribution is 8.00. The molecule has 0 aromatic carbocycles. The molecular weight excluding hydrogens is 164 g/mol. The number of hydrogen-bond acceptors (Lipinski definition) is 1. The van der Waals surface area contributed by atoms with Gasteiger partial charge in [-0.05, 0) is 42.8 Å². The Morgan fingerprint density at radius 3 is 2.33 bits per heavy atom. The van der Waals surface area contributed by atoms with Crippen LogP contribution in [0.3, 0.4) is 0 Å². The van der Waals surface area contributed by atoms with E-state index in [1.807, 2.05) is 0 Å². The molecule has 0 N–H and O–H groups in total. The van der Waals surface area contributed by atoms with Crippen molar-refractivity contribution in [2.24, 2.45) is 11.3 Å². The van der Waals surface area contributed by atoms with Gasteiger partial charge in [-0.3, -0.25) is 0 Å². The number of hydrogen-bond donors (Lipinski definition) is 0. The number of rotatable bonds is 1. The third-order valence-corrected chi connectivity index (χ3v) is 5.63. The second-order valence-electron chi connectivity index (χ2n) is 5.30. The molecule has 1 heterocycles. The Morgan fingerprint density at radius 2 is 1.92 bits per heavy atom. The van der Waals surface area contributed by atoms with Crippen LogP contribution in [0.15, 0.2) is 0 Å². The molecule has 2 rings (SSSR count). The van der Waals surface area contributed by atoms with E-state index in [-0.39, 0.29) is 0 Å². The third-order valence-electron chi connectivity index (χ3n) is 4.03. The first-order valence-corrected chi connectivity index (χ1v) is 6.19. The van der Waals surface area contributed by atoms with Crippen LogP contribution < -0.4 is 0 Å². The lowest BCUT2D eigenvalue weighted by Crippen LogP contribution is -2.49. The zero-order valence-corrected chi connectivity index (χ0v) is 9.34. The molecule has 0 aromatic rings. The van der Waals surface area contributed by atoms with Crippen LogP contribution in [0, 0.1) is 11.3 Å². The average Bonchev–Trinajstić information content (AvgIpc) is 2.34. The van der Waals surface area contributed by atoms with Gasteiger partial charge in [-0.15, -0.1) is 0 Å². The molecule has 1 saturated heterocycles. The Balaban J connectivity index is 1.97. The molecule has 0 atom stereocenters. The molecule has 0 aromatic heterocycles. The first kappa shape index (κ1) is 8.93. The van der Waals surface area contributed by atoms with Crippen molar-refractivity contribution in [2.45, 2.75) is 51.2 Å². The average molecular weight is 184 g/mol. The van der Waals surface area contributed by atoms with Crippen molar-refractivity contribution in [3.8, 4) is 0 Å². The topological polar surface area (TPSA) is 0 Å². The minimum Gasteiger partial charge on any atom is -0.155 e. The zero-order chi connectivity index (χ0) is 8.82. The van der Waals surface area contributed by atoms with E-state index in [1.165, 1.54) is 31.4 Å². The molecule has 70 valence electrons. The van der Waals surface area contributed by atoms with Gasteiger partial charge >= 0.3 is 0 Å². The molecule has 1 spiro atoms. The predicted molar refractivity (Wildman–Crippen MR) is 56.6 cm³/mol. The predicted octanol–water partition coefficient (Wildman–Crippen LogP) is 3.71. The Morgan fingerprint density at radius 1 is 1.25 bits per heavy atom. The Labute approximate surface area is 80.5 Å². The molecule has 0 nitrogen and oxygen atoms in total. The molecule has 0 radical (unpaired) electrons. The lowest BCUT2D eigenvalue weighted by Gasteiger charge is -2.55. The van der Waals surface area contributed by atoms with Crippen LogP contribution in [-0.2, 0) is 0 Å². The molecule has 0 bridgehead atoms. The maximum Gasteiger partial charge on any atom is 0.0171 e. The normalized spacial score (nSPS) is 47.0. The van der Waals surface area contributed by atoms with Gasteiger partial charge in [0.1, 0.15) is 0 Å². The molecule has 0 amide bonds. The van der Waals surface area contributed by atoms with Crippen LogP contribution in [0.4, 0.5) is 0 Å². The van der Waals surface area contributed by atoms with Gasteiger partial charge in [0, 0.05) is 4.75 Å². The molecular formula is C11H20S. The standard InChI is InChI=1S/C11H20S/c1-9(2)10(3)7-11(8-10)5-4-6-12-11/h9H,4-8H2,1-3H3. The second kappa shape index (κ2) is 2.67. The summed E-state index contributed by atoms with van der Waals surface area (Å²) in [5, 5.41) is 0. The zero-order valence-electron chi connectivity index (χ0n) is 8.52. The van der Waals surface area contributed by atoms with Crippen molar-refractivity contribution in [1.29, 1.82) is 0 Å². The van der Waals surface area contributed by atoms with Crippen LogP contribution in [0.5, 0.6) is 0 Å². The van der Waals surface area contributed by atoms with Gasteiger partial charge in [-0.2, -0.15) is 11.8 Å². The molecule has 1 aliphatic carbocycles. The molecule has 0 unspecified atom stereocenters. The second-order valence-corrected chi connectivity index (χ2v) is 6.86. The van der Waals surface area contributed by atoms with E-state index in [2.05, 4.69) is 32.5 Å². The van der Waals surface area contributed by atoms with Crippen molar-refractivity contribution in [1.82, 2.24) is 0 Å². The fraction of sp³-hybridized carbons (Fsp3) is 1.00. The van der Waals surface area contributed by atoms with E-state index >= 15 is 0 Å². The quantitative estimate of drug-likeness (QED) is 0.598. The summed E-state index contributed by atoms with van der Waals surface area (Å²) in [5.41, 5.74) is 0.678. The molecule has 2 aliphatic rings. The monoisotopic (exact) mass is 184 g/mol. The maximum atomic E-state index is 2.47. The Hall–Kier alpha value is 0.350. The van der Waals surface area contributed by atoms with Gasteiger partial charge in [0.15, 0.2) is 0 Å². The van der Waals surface area contributed by atoms with Crippen LogP contribution >= 0.6 is 11.8 Å². The van der Waals surface area contributed by atoms with E-state index in [0.717, 1.165) is 10.7 Å². The molecule has 1 heteroatoms. The van der Waals surface area contributed by atoms with Gasteiger partial charge in [0.2, 0.25) is 0 Å². The molecule has 1 saturated carbocycles.